The summed E-state index contributed by atoms with van der Waals surface area (Å²) in [6.07, 6.45) is 3.71. The lowest BCUT2D eigenvalue weighted by Gasteiger charge is -2.35. The van der Waals surface area contributed by atoms with Crippen LogP contribution in [0.2, 0.25) is 0 Å². The highest BCUT2D eigenvalue weighted by atomic mass is 16.3. The maximum atomic E-state index is 12.2. The monoisotopic (exact) mass is 238 g/mol. The number of aromatic amines is 1. The number of likely N-dealkylation sites (tertiary alicyclic amines) is 1. The maximum Gasteiger partial charge on any atom is 0.272 e. The zero-order valence-corrected chi connectivity index (χ0v) is 9.72. The Hall–Kier alpha value is -1.56. The van der Waals surface area contributed by atoms with E-state index >= 15 is 0 Å². The Morgan fingerprint density at radius 1 is 1.65 bits per heavy atom. The molecule has 1 atom stereocenters. The van der Waals surface area contributed by atoms with Crippen molar-refractivity contribution in [2.45, 2.75) is 31.7 Å². The average molecular weight is 238 g/mol. The first-order valence-electron chi connectivity index (χ1n) is 5.95. The Morgan fingerprint density at radius 3 is 3.12 bits per heavy atom. The summed E-state index contributed by atoms with van der Waals surface area (Å²) in [5, 5.41) is 15.4. The van der Waals surface area contributed by atoms with Crippen molar-refractivity contribution in [3.05, 3.63) is 11.8 Å². The predicted molar refractivity (Wildman–Crippen MR) is 63.4 cm³/mol. The fraction of sp³-hybridized carbons (Fsp3) is 0.636. The number of piperidine rings is 1. The summed E-state index contributed by atoms with van der Waals surface area (Å²) in [6, 6.07) is 1.68. The molecule has 1 saturated heterocycles. The lowest BCUT2D eigenvalue weighted by atomic mass is 9.99. The molecule has 6 nitrogen and oxygen atoms in total. The van der Waals surface area contributed by atoms with E-state index in [-0.39, 0.29) is 18.6 Å². The quantitative estimate of drug-likeness (QED) is 0.709. The van der Waals surface area contributed by atoms with E-state index in [4.69, 9.17) is 10.8 Å². The fourth-order valence-corrected chi connectivity index (χ4v) is 2.32. The van der Waals surface area contributed by atoms with Gasteiger partial charge in [-0.2, -0.15) is 5.10 Å². The Bertz CT molecular complexity index is 389. The van der Waals surface area contributed by atoms with Crippen LogP contribution in [0.5, 0.6) is 0 Å². The zero-order valence-electron chi connectivity index (χ0n) is 9.72. The summed E-state index contributed by atoms with van der Waals surface area (Å²) < 4.78 is 0. The van der Waals surface area contributed by atoms with Gasteiger partial charge in [0.05, 0.1) is 0 Å². The van der Waals surface area contributed by atoms with Crippen LogP contribution in [-0.2, 0) is 0 Å². The second-order valence-electron chi connectivity index (χ2n) is 4.37. The van der Waals surface area contributed by atoms with E-state index in [0.717, 1.165) is 25.8 Å². The molecule has 2 heterocycles. The number of anilines is 1. The number of rotatable bonds is 3. The number of nitrogens with two attached hydrogens (primary N) is 1. The van der Waals surface area contributed by atoms with Crippen LogP contribution in [0.3, 0.4) is 0 Å². The summed E-state index contributed by atoms with van der Waals surface area (Å²) in [5.74, 6) is 0.247. The standard InChI is InChI=1S/C11H18N4O2/c12-10-7-9(13-14-10)11(17)15-5-2-1-3-8(15)4-6-16/h7-8,16H,1-6H2,(H3,12,13,14). The van der Waals surface area contributed by atoms with Crippen LogP contribution in [0.25, 0.3) is 0 Å². The molecule has 2 rings (SSSR count). The first kappa shape index (κ1) is 11.9. The summed E-state index contributed by atoms with van der Waals surface area (Å²) in [5.41, 5.74) is 5.91. The molecule has 1 aliphatic rings. The van der Waals surface area contributed by atoms with Crippen LogP contribution >= 0.6 is 0 Å². The molecule has 1 aromatic heterocycles. The summed E-state index contributed by atoms with van der Waals surface area (Å²) in [6.45, 7) is 0.849. The largest absolute Gasteiger partial charge is 0.396 e. The van der Waals surface area contributed by atoms with Crippen molar-refractivity contribution in [3.63, 3.8) is 0 Å². The average Bonchev–Trinajstić information content (AvgIpc) is 2.76. The van der Waals surface area contributed by atoms with Crippen LogP contribution in [0.15, 0.2) is 6.07 Å². The molecule has 0 aliphatic carbocycles. The normalized spacial score (nSPS) is 20.5. The number of nitrogens with zero attached hydrogens (tertiary/aromatic N) is 2. The first-order chi connectivity index (χ1) is 8.22. The number of amides is 1. The summed E-state index contributed by atoms with van der Waals surface area (Å²) in [7, 11) is 0. The molecule has 1 amide bonds. The molecule has 94 valence electrons. The molecule has 1 unspecified atom stereocenters. The first-order valence-corrected chi connectivity index (χ1v) is 5.95. The highest BCUT2D eigenvalue weighted by molar-refractivity contribution is 5.93. The molecule has 6 heteroatoms. The van der Waals surface area contributed by atoms with Crippen molar-refractivity contribution in [2.24, 2.45) is 0 Å². The zero-order chi connectivity index (χ0) is 12.3. The predicted octanol–water partition coefficient (Wildman–Crippen LogP) is 0.369. The lowest BCUT2D eigenvalue weighted by molar-refractivity contribution is 0.0568. The van der Waals surface area contributed by atoms with Gasteiger partial charge < -0.3 is 15.7 Å². The highest BCUT2D eigenvalue weighted by Crippen LogP contribution is 2.21. The van der Waals surface area contributed by atoms with E-state index in [2.05, 4.69) is 10.2 Å². The molecule has 1 aliphatic heterocycles. The molecule has 4 N–H and O–H groups in total. The highest BCUT2D eigenvalue weighted by Gasteiger charge is 2.27. The number of aromatic nitrogens is 2. The van der Waals surface area contributed by atoms with Gasteiger partial charge in [0, 0.05) is 25.3 Å². The molecular formula is C11H18N4O2. The second-order valence-corrected chi connectivity index (χ2v) is 4.37. The number of carbonyl (C=O) groups is 1. The second kappa shape index (κ2) is 5.18. The third kappa shape index (κ3) is 2.58. The van der Waals surface area contributed by atoms with Gasteiger partial charge in [-0.25, -0.2) is 0 Å². The van der Waals surface area contributed by atoms with E-state index in [1.54, 1.807) is 6.07 Å². The number of nitrogens with one attached hydrogen (secondary N) is 1. The Morgan fingerprint density at radius 2 is 2.47 bits per heavy atom. The Kier molecular flexibility index (Phi) is 3.63. The Balaban J connectivity index is 2.10. The van der Waals surface area contributed by atoms with Crippen molar-refractivity contribution in [3.8, 4) is 0 Å². The molecule has 1 aromatic rings. The van der Waals surface area contributed by atoms with E-state index in [1.165, 1.54) is 0 Å². The minimum Gasteiger partial charge on any atom is -0.396 e. The van der Waals surface area contributed by atoms with Gasteiger partial charge in [-0.05, 0) is 25.7 Å². The number of hydrogen-bond acceptors (Lipinski definition) is 4. The van der Waals surface area contributed by atoms with E-state index < -0.39 is 0 Å². The molecule has 17 heavy (non-hydrogen) atoms. The molecular weight excluding hydrogens is 220 g/mol. The topological polar surface area (TPSA) is 95.2 Å². The Labute approximate surface area is 99.8 Å². The van der Waals surface area contributed by atoms with Gasteiger partial charge in [0.1, 0.15) is 11.5 Å². The van der Waals surface area contributed by atoms with E-state index in [1.807, 2.05) is 4.90 Å². The van der Waals surface area contributed by atoms with Crippen molar-refractivity contribution in [1.29, 1.82) is 0 Å². The van der Waals surface area contributed by atoms with Gasteiger partial charge in [0.15, 0.2) is 0 Å². The molecule has 0 spiro atoms. The van der Waals surface area contributed by atoms with Crippen LogP contribution in [-0.4, -0.2) is 45.3 Å². The maximum absolute atomic E-state index is 12.2. The van der Waals surface area contributed by atoms with Crippen LogP contribution in [0.4, 0.5) is 5.82 Å². The molecule has 1 fully saturated rings. The molecule has 0 bridgehead atoms. The number of aliphatic hydroxyl groups excluding tert-OH is 1. The van der Waals surface area contributed by atoms with Gasteiger partial charge in [-0.15, -0.1) is 0 Å². The van der Waals surface area contributed by atoms with Crippen LogP contribution < -0.4 is 5.73 Å². The van der Waals surface area contributed by atoms with Gasteiger partial charge in [-0.1, -0.05) is 0 Å². The van der Waals surface area contributed by atoms with E-state index in [9.17, 15) is 4.79 Å². The number of carbonyl (C=O) groups excluding carboxylic acids is 1. The third-order valence-electron chi connectivity index (χ3n) is 3.18. The van der Waals surface area contributed by atoms with Crippen molar-refractivity contribution in [1.82, 2.24) is 15.1 Å². The SMILES string of the molecule is Nc1cc(C(=O)N2CCCCC2CCO)[nH]n1. The number of hydrogen-bond donors (Lipinski definition) is 3. The third-order valence-corrected chi connectivity index (χ3v) is 3.18. The van der Waals surface area contributed by atoms with E-state index in [0.29, 0.717) is 17.9 Å². The fourth-order valence-electron chi connectivity index (χ4n) is 2.32. The molecule has 0 radical (unpaired) electrons. The van der Waals surface area contributed by atoms with Gasteiger partial charge >= 0.3 is 0 Å². The van der Waals surface area contributed by atoms with Gasteiger partial charge in [0.25, 0.3) is 5.91 Å². The van der Waals surface area contributed by atoms with Gasteiger partial charge in [0.2, 0.25) is 0 Å². The van der Waals surface area contributed by atoms with Crippen LogP contribution in [0.1, 0.15) is 36.2 Å². The van der Waals surface area contributed by atoms with Gasteiger partial charge in [-0.3, -0.25) is 9.89 Å². The lowest BCUT2D eigenvalue weighted by Crippen LogP contribution is -2.44. The minimum atomic E-state index is -0.0765. The van der Waals surface area contributed by atoms with Crippen molar-refractivity contribution < 1.29 is 9.90 Å². The smallest absolute Gasteiger partial charge is 0.272 e. The van der Waals surface area contributed by atoms with Crippen LogP contribution in [0, 0.1) is 0 Å². The minimum absolute atomic E-state index is 0.0765. The number of aliphatic hydroxyl groups is 1. The molecule has 0 aromatic carbocycles. The summed E-state index contributed by atoms with van der Waals surface area (Å²) >= 11 is 0. The number of H-pyrrole nitrogens is 1. The summed E-state index contributed by atoms with van der Waals surface area (Å²) in [4.78, 5) is 14.0. The van der Waals surface area contributed by atoms with Crippen molar-refractivity contribution in [2.75, 3.05) is 18.9 Å². The number of nitrogen functional groups attached to an aromatic ring is 1. The van der Waals surface area contributed by atoms with Crippen molar-refractivity contribution >= 4 is 11.7 Å². The molecule has 0 saturated carbocycles.